The monoisotopic (exact) mass is 194 g/mol. The highest BCUT2D eigenvalue weighted by Crippen LogP contribution is 2.18. The van der Waals surface area contributed by atoms with Crippen molar-refractivity contribution >= 4 is 11.3 Å². The molecule has 6 nitrogen and oxygen atoms in total. The number of rotatable bonds is 4. The molecule has 7 heteroatoms. The van der Waals surface area contributed by atoms with E-state index in [-0.39, 0.29) is 0 Å². The van der Waals surface area contributed by atoms with Gasteiger partial charge in [-0.1, -0.05) is 10.2 Å². The molecule has 0 aliphatic heterocycles. The summed E-state index contributed by atoms with van der Waals surface area (Å²) >= 11 is 1.48. The number of hydrogen-bond acceptors (Lipinski definition) is 3. The molecule has 0 atom stereocenters. The Morgan fingerprint density at radius 1 is 1.08 bits per heavy atom. The summed E-state index contributed by atoms with van der Waals surface area (Å²) in [5, 5.41) is 6.85. The lowest BCUT2D eigenvalue weighted by Crippen LogP contribution is -1.69. The van der Waals surface area contributed by atoms with Crippen molar-refractivity contribution in [3.05, 3.63) is 42.8 Å². The first-order chi connectivity index (χ1) is 6.36. The normalized spacial score (nSPS) is 8.62. The predicted octanol–water partition coefficient (Wildman–Crippen LogP) is 3.37. The number of nitrogens with zero attached hydrogens (tertiary/aromatic N) is 6. The van der Waals surface area contributed by atoms with E-state index in [0.717, 1.165) is 9.75 Å². The largest absolute Gasteiger partial charge is 0.145 e. The topological polar surface area (TPSA) is 97.5 Å². The van der Waals surface area contributed by atoms with Crippen LogP contribution in [0, 0.1) is 0 Å². The highest BCUT2D eigenvalue weighted by Gasteiger charge is 1.96. The van der Waals surface area contributed by atoms with E-state index in [1.54, 1.807) is 0 Å². The minimum Gasteiger partial charge on any atom is -0.145 e. The van der Waals surface area contributed by atoms with Crippen LogP contribution in [0.25, 0.3) is 20.9 Å². The molecule has 13 heavy (non-hydrogen) atoms. The lowest BCUT2D eigenvalue weighted by Gasteiger charge is -1.85. The van der Waals surface area contributed by atoms with Crippen LogP contribution >= 0.6 is 11.3 Å². The molecule has 1 aromatic heterocycles. The van der Waals surface area contributed by atoms with Crippen LogP contribution in [0.3, 0.4) is 0 Å². The van der Waals surface area contributed by atoms with Gasteiger partial charge in [-0.15, -0.1) is 11.3 Å². The van der Waals surface area contributed by atoms with Crippen molar-refractivity contribution in [2.45, 2.75) is 13.1 Å². The van der Waals surface area contributed by atoms with Gasteiger partial charge in [0.1, 0.15) is 0 Å². The highest BCUT2D eigenvalue weighted by atomic mass is 32.1. The second-order valence-electron chi connectivity index (χ2n) is 2.15. The van der Waals surface area contributed by atoms with E-state index >= 15 is 0 Å². The van der Waals surface area contributed by atoms with Crippen molar-refractivity contribution in [3.8, 4) is 0 Å². The van der Waals surface area contributed by atoms with E-state index in [0.29, 0.717) is 13.1 Å². The van der Waals surface area contributed by atoms with E-state index < -0.39 is 0 Å². The van der Waals surface area contributed by atoms with Gasteiger partial charge < -0.3 is 0 Å². The zero-order chi connectivity index (χ0) is 9.52. The molecular formula is C6H6N6S. The van der Waals surface area contributed by atoms with Gasteiger partial charge in [-0.25, -0.2) is 0 Å². The Morgan fingerprint density at radius 3 is 1.92 bits per heavy atom. The lowest BCUT2D eigenvalue weighted by atomic mass is 10.4. The van der Waals surface area contributed by atoms with Crippen LogP contribution in [0.2, 0.25) is 0 Å². The molecule has 0 aromatic carbocycles. The quantitative estimate of drug-likeness (QED) is 0.399. The molecule has 0 unspecified atom stereocenters. The molecular weight excluding hydrogens is 188 g/mol. The van der Waals surface area contributed by atoms with Crippen molar-refractivity contribution in [1.82, 2.24) is 0 Å². The molecule has 0 aliphatic carbocycles. The summed E-state index contributed by atoms with van der Waals surface area (Å²) in [5.74, 6) is 0. The number of azide groups is 2. The first-order valence-corrected chi connectivity index (χ1v) is 4.27. The van der Waals surface area contributed by atoms with E-state index in [1.807, 2.05) is 12.1 Å². The molecule has 0 aliphatic rings. The summed E-state index contributed by atoms with van der Waals surface area (Å²) in [6.45, 7) is 0.717. The molecule has 0 amide bonds. The van der Waals surface area contributed by atoms with Crippen LogP contribution in [0.4, 0.5) is 0 Å². The highest BCUT2D eigenvalue weighted by molar-refractivity contribution is 7.11. The third-order valence-corrected chi connectivity index (χ3v) is 2.35. The summed E-state index contributed by atoms with van der Waals surface area (Å²) in [5.41, 5.74) is 16.1. The van der Waals surface area contributed by atoms with Gasteiger partial charge in [0.2, 0.25) is 0 Å². The van der Waals surface area contributed by atoms with Gasteiger partial charge in [0.05, 0.1) is 13.1 Å². The predicted molar refractivity (Wildman–Crippen MR) is 50.0 cm³/mol. The van der Waals surface area contributed by atoms with E-state index in [4.69, 9.17) is 11.1 Å². The minimum absolute atomic E-state index is 0.359. The van der Waals surface area contributed by atoms with Gasteiger partial charge in [-0.2, -0.15) is 0 Å². The van der Waals surface area contributed by atoms with E-state index in [1.165, 1.54) is 11.3 Å². The Hall–Kier alpha value is -1.68. The van der Waals surface area contributed by atoms with Crippen LogP contribution in [0.15, 0.2) is 22.4 Å². The fourth-order valence-electron chi connectivity index (χ4n) is 0.795. The zero-order valence-electron chi connectivity index (χ0n) is 6.66. The minimum atomic E-state index is 0.359. The van der Waals surface area contributed by atoms with Crippen LogP contribution in [0.1, 0.15) is 9.75 Å². The molecule has 0 fully saturated rings. The van der Waals surface area contributed by atoms with Gasteiger partial charge in [0, 0.05) is 19.6 Å². The van der Waals surface area contributed by atoms with Crippen LogP contribution in [-0.4, -0.2) is 0 Å². The molecule has 0 bridgehead atoms. The van der Waals surface area contributed by atoms with Crippen molar-refractivity contribution in [2.24, 2.45) is 10.2 Å². The Morgan fingerprint density at radius 2 is 1.54 bits per heavy atom. The van der Waals surface area contributed by atoms with Crippen molar-refractivity contribution in [1.29, 1.82) is 0 Å². The summed E-state index contributed by atoms with van der Waals surface area (Å²) < 4.78 is 0. The molecule has 0 spiro atoms. The van der Waals surface area contributed by atoms with Crippen molar-refractivity contribution in [3.63, 3.8) is 0 Å². The summed E-state index contributed by atoms with van der Waals surface area (Å²) in [6.07, 6.45) is 0. The Kier molecular flexibility index (Phi) is 3.66. The van der Waals surface area contributed by atoms with Gasteiger partial charge in [-0.05, 0) is 23.2 Å². The summed E-state index contributed by atoms with van der Waals surface area (Å²) in [6, 6.07) is 3.73. The van der Waals surface area contributed by atoms with E-state index in [2.05, 4.69) is 20.1 Å². The third-order valence-electron chi connectivity index (χ3n) is 1.30. The lowest BCUT2D eigenvalue weighted by molar-refractivity contribution is 1.08. The third kappa shape index (κ3) is 3.04. The molecule has 0 saturated heterocycles. The molecule has 1 heterocycles. The fourth-order valence-corrected chi connectivity index (χ4v) is 1.65. The molecule has 1 aromatic rings. The number of thiophene rings is 1. The Balaban J connectivity index is 2.62. The average Bonchev–Trinajstić information content (AvgIpc) is 2.59. The molecule has 66 valence electrons. The smallest absolute Gasteiger partial charge is 0.0605 e. The second kappa shape index (κ2) is 5.05. The van der Waals surface area contributed by atoms with Crippen molar-refractivity contribution in [2.75, 3.05) is 0 Å². The maximum absolute atomic E-state index is 8.07. The molecule has 0 radical (unpaired) electrons. The Bertz CT molecular complexity index is 336. The van der Waals surface area contributed by atoms with Crippen LogP contribution in [-0.2, 0) is 13.1 Å². The molecule has 0 N–H and O–H groups in total. The standard InChI is InChI=1S/C6H6N6S/c7-11-9-3-5-1-2-6(13-5)4-10-12-8/h1-2H,3-4H2. The SMILES string of the molecule is [N-]=[N+]=NCc1ccc(CN=[N+]=[N-])s1. The van der Waals surface area contributed by atoms with Gasteiger partial charge in [0.15, 0.2) is 0 Å². The summed E-state index contributed by atoms with van der Waals surface area (Å²) in [4.78, 5) is 7.25. The van der Waals surface area contributed by atoms with Gasteiger partial charge in [-0.3, -0.25) is 0 Å². The second-order valence-corrected chi connectivity index (χ2v) is 3.40. The van der Waals surface area contributed by atoms with Gasteiger partial charge >= 0.3 is 0 Å². The van der Waals surface area contributed by atoms with Crippen LogP contribution in [0.5, 0.6) is 0 Å². The van der Waals surface area contributed by atoms with E-state index in [9.17, 15) is 0 Å². The Labute approximate surface area is 78.1 Å². The fraction of sp³-hybridized carbons (Fsp3) is 0.333. The zero-order valence-corrected chi connectivity index (χ0v) is 7.48. The maximum Gasteiger partial charge on any atom is 0.0605 e. The average molecular weight is 194 g/mol. The number of hydrogen-bond donors (Lipinski definition) is 0. The first kappa shape index (κ1) is 9.41. The molecule has 1 rings (SSSR count). The van der Waals surface area contributed by atoms with Crippen molar-refractivity contribution < 1.29 is 0 Å². The van der Waals surface area contributed by atoms with Crippen LogP contribution < -0.4 is 0 Å². The maximum atomic E-state index is 8.07. The summed E-state index contributed by atoms with van der Waals surface area (Å²) in [7, 11) is 0. The molecule has 0 saturated carbocycles. The van der Waals surface area contributed by atoms with Gasteiger partial charge in [0.25, 0.3) is 0 Å². The first-order valence-electron chi connectivity index (χ1n) is 3.46.